The molecule has 0 unspecified atom stereocenters. The van der Waals surface area contributed by atoms with Crippen LogP contribution in [0.15, 0.2) is 30.3 Å². The SMILES string of the molecule is C[C@H](NC(N)=O)C(=O)N1CCCCC[C@H]1CC(=O)c1ccccc1. The molecule has 0 aliphatic carbocycles. The molecule has 130 valence electrons. The second-order valence-electron chi connectivity index (χ2n) is 6.26. The summed E-state index contributed by atoms with van der Waals surface area (Å²) in [6.07, 6.45) is 4.04. The summed E-state index contributed by atoms with van der Waals surface area (Å²) in [5.74, 6) is -0.141. The molecule has 2 atom stereocenters. The Balaban J connectivity index is 2.10. The molecular formula is C18H25N3O3. The van der Waals surface area contributed by atoms with Gasteiger partial charge in [-0.15, -0.1) is 0 Å². The lowest BCUT2D eigenvalue weighted by Crippen LogP contribution is -2.52. The van der Waals surface area contributed by atoms with E-state index in [9.17, 15) is 14.4 Å². The van der Waals surface area contributed by atoms with Gasteiger partial charge in [0, 0.05) is 24.6 Å². The van der Waals surface area contributed by atoms with Crippen LogP contribution in [0.2, 0.25) is 0 Å². The number of carbonyl (C=O) groups excluding carboxylic acids is 3. The summed E-state index contributed by atoms with van der Waals surface area (Å²) in [6, 6.07) is 7.59. The summed E-state index contributed by atoms with van der Waals surface area (Å²) < 4.78 is 0. The van der Waals surface area contributed by atoms with Crippen molar-refractivity contribution in [3.63, 3.8) is 0 Å². The number of urea groups is 1. The number of nitrogens with zero attached hydrogens (tertiary/aromatic N) is 1. The van der Waals surface area contributed by atoms with Crippen molar-refractivity contribution in [1.82, 2.24) is 10.2 Å². The van der Waals surface area contributed by atoms with Gasteiger partial charge in [0.25, 0.3) is 0 Å². The Labute approximate surface area is 142 Å². The summed E-state index contributed by atoms with van der Waals surface area (Å²) in [5.41, 5.74) is 5.77. The number of rotatable bonds is 5. The van der Waals surface area contributed by atoms with Gasteiger partial charge in [0.15, 0.2) is 5.78 Å². The molecular weight excluding hydrogens is 306 g/mol. The van der Waals surface area contributed by atoms with Gasteiger partial charge in [0.2, 0.25) is 5.91 Å². The van der Waals surface area contributed by atoms with E-state index < -0.39 is 12.1 Å². The Morgan fingerprint density at radius 1 is 1.21 bits per heavy atom. The van der Waals surface area contributed by atoms with Crippen LogP contribution in [-0.2, 0) is 4.79 Å². The van der Waals surface area contributed by atoms with Gasteiger partial charge < -0.3 is 16.0 Å². The molecule has 1 aromatic rings. The molecule has 2 rings (SSSR count). The summed E-state index contributed by atoms with van der Waals surface area (Å²) in [4.78, 5) is 37.9. The fourth-order valence-corrected chi connectivity index (χ4v) is 3.16. The topological polar surface area (TPSA) is 92.5 Å². The maximum absolute atomic E-state index is 12.7. The minimum absolute atomic E-state index is 0.0378. The molecule has 3 amide bonds. The van der Waals surface area contributed by atoms with E-state index in [2.05, 4.69) is 5.32 Å². The first-order chi connectivity index (χ1) is 11.5. The molecule has 1 heterocycles. The van der Waals surface area contributed by atoms with E-state index in [1.54, 1.807) is 24.0 Å². The molecule has 1 aromatic carbocycles. The summed E-state index contributed by atoms with van der Waals surface area (Å²) >= 11 is 0. The van der Waals surface area contributed by atoms with E-state index in [-0.39, 0.29) is 17.7 Å². The second-order valence-corrected chi connectivity index (χ2v) is 6.26. The first-order valence-electron chi connectivity index (χ1n) is 8.43. The van der Waals surface area contributed by atoms with Crippen molar-refractivity contribution in [2.75, 3.05) is 6.54 Å². The quantitative estimate of drug-likeness (QED) is 0.809. The van der Waals surface area contributed by atoms with Crippen molar-refractivity contribution in [3.8, 4) is 0 Å². The van der Waals surface area contributed by atoms with Gasteiger partial charge in [-0.05, 0) is 19.8 Å². The van der Waals surface area contributed by atoms with Gasteiger partial charge in [0.1, 0.15) is 6.04 Å². The summed E-state index contributed by atoms with van der Waals surface area (Å²) in [5, 5.41) is 2.43. The summed E-state index contributed by atoms with van der Waals surface area (Å²) in [6.45, 7) is 2.23. The number of likely N-dealkylation sites (tertiary alicyclic amines) is 1. The lowest BCUT2D eigenvalue weighted by atomic mass is 9.99. The second kappa shape index (κ2) is 8.47. The lowest BCUT2D eigenvalue weighted by Gasteiger charge is -2.32. The van der Waals surface area contributed by atoms with Gasteiger partial charge in [-0.25, -0.2) is 4.79 Å². The van der Waals surface area contributed by atoms with Crippen LogP contribution in [0.1, 0.15) is 49.4 Å². The van der Waals surface area contributed by atoms with Crippen molar-refractivity contribution in [3.05, 3.63) is 35.9 Å². The van der Waals surface area contributed by atoms with Crippen LogP contribution in [0.3, 0.4) is 0 Å². The molecule has 0 aromatic heterocycles. The number of primary amides is 1. The van der Waals surface area contributed by atoms with Crippen molar-refractivity contribution < 1.29 is 14.4 Å². The predicted octanol–water partition coefficient (Wildman–Crippen LogP) is 2.09. The number of benzene rings is 1. The molecule has 1 aliphatic rings. The third-order valence-electron chi connectivity index (χ3n) is 4.41. The first-order valence-corrected chi connectivity index (χ1v) is 8.43. The highest BCUT2D eigenvalue weighted by Gasteiger charge is 2.30. The fourth-order valence-electron chi connectivity index (χ4n) is 3.16. The number of hydrogen-bond acceptors (Lipinski definition) is 3. The molecule has 3 N–H and O–H groups in total. The zero-order chi connectivity index (χ0) is 17.5. The Morgan fingerprint density at radius 2 is 1.92 bits per heavy atom. The Hall–Kier alpha value is -2.37. The summed E-state index contributed by atoms with van der Waals surface area (Å²) in [7, 11) is 0. The van der Waals surface area contributed by atoms with E-state index in [1.807, 2.05) is 18.2 Å². The van der Waals surface area contributed by atoms with Crippen molar-refractivity contribution in [1.29, 1.82) is 0 Å². The molecule has 1 aliphatic heterocycles. The monoisotopic (exact) mass is 331 g/mol. The number of hydrogen-bond donors (Lipinski definition) is 2. The number of carbonyl (C=O) groups is 3. The number of nitrogens with two attached hydrogens (primary N) is 1. The molecule has 1 fully saturated rings. The Kier molecular flexibility index (Phi) is 6.35. The fraction of sp³-hybridized carbons (Fsp3) is 0.500. The van der Waals surface area contributed by atoms with E-state index in [0.29, 0.717) is 18.5 Å². The number of ketones is 1. The molecule has 1 saturated heterocycles. The van der Waals surface area contributed by atoms with E-state index in [1.165, 1.54) is 0 Å². The zero-order valence-electron chi connectivity index (χ0n) is 14.0. The number of nitrogens with one attached hydrogen (secondary N) is 1. The van der Waals surface area contributed by atoms with E-state index in [0.717, 1.165) is 25.7 Å². The van der Waals surface area contributed by atoms with Crippen molar-refractivity contribution in [2.45, 2.75) is 51.1 Å². The minimum atomic E-state index is -0.720. The molecule has 24 heavy (non-hydrogen) atoms. The smallest absolute Gasteiger partial charge is 0.312 e. The van der Waals surface area contributed by atoms with Crippen LogP contribution in [0.25, 0.3) is 0 Å². The maximum Gasteiger partial charge on any atom is 0.312 e. The van der Waals surface area contributed by atoms with E-state index in [4.69, 9.17) is 5.73 Å². The largest absolute Gasteiger partial charge is 0.352 e. The van der Waals surface area contributed by atoms with Crippen molar-refractivity contribution in [2.24, 2.45) is 5.73 Å². The Bertz CT molecular complexity index is 588. The standard InChI is InChI=1S/C18H25N3O3/c1-13(20-18(19)24)17(23)21-11-7-3-6-10-15(21)12-16(22)14-8-4-2-5-9-14/h2,4-5,8-9,13,15H,3,6-7,10-12H2,1H3,(H3,19,20,24)/t13-,15-/m0/s1. The maximum atomic E-state index is 12.7. The third kappa shape index (κ3) is 4.81. The highest BCUT2D eigenvalue weighted by molar-refractivity contribution is 5.96. The zero-order valence-corrected chi connectivity index (χ0v) is 14.0. The minimum Gasteiger partial charge on any atom is -0.352 e. The first kappa shape index (κ1) is 18.0. The molecule has 6 heteroatoms. The molecule has 6 nitrogen and oxygen atoms in total. The van der Waals surface area contributed by atoms with Crippen LogP contribution in [0.4, 0.5) is 4.79 Å². The van der Waals surface area contributed by atoms with Gasteiger partial charge in [-0.3, -0.25) is 9.59 Å². The van der Waals surface area contributed by atoms with Crippen molar-refractivity contribution >= 4 is 17.7 Å². The predicted molar refractivity (Wildman–Crippen MR) is 91.5 cm³/mol. The highest BCUT2D eigenvalue weighted by atomic mass is 16.2. The third-order valence-corrected chi connectivity index (χ3v) is 4.41. The van der Waals surface area contributed by atoms with Crippen LogP contribution >= 0.6 is 0 Å². The highest BCUT2D eigenvalue weighted by Crippen LogP contribution is 2.22. The van der Waals surface area contributed by atoms with Gasteiger partial charge >= 0.3 is 6.03 Å². The van der Waals surface area contributed by atoms with Crippen LogP contribution in [-0.4, -0.2) is 41.2 Å². The number of amides is 3. The Morgan fingerprint density at radius 3 is 2.58 bits per heavy atom. The van der Waals surface area contributed by atoms with Gasteiger partial charge in [0.05, 0.1) is 0 Å². The molecule has 0 spiro atoms. The number of Topliss-reactive ketones (excluding diaryl/α,β-unsaturated/α-hetero) is 1. The lowest BCUT2D eigenvalue weighted by molar-refractivity contribution is -0.135. The van der Waals surface area contributed by atoms with E-state index >= 15 is 0 Å². The van der Waals surface area contributed by atoms with Crippen LogP contribution in [0.5, 0.6) is 0 Å². The van der Waals surface area contributed by atoms with Crippen LogP contribution < -0.4 is 11.1 Å². The van der Waals surface area contributed by atoms with Crippen LogP contribution in [0, 0.1) is 0 Å². The molecule has 0 radical (unpaired) electrons. The van der Waals surface area contributed by atoms with Gasteiger partial charge in [-0.1, -0.05) is 43.2 Å². The normalized spacial score (nSPS) is 19.2. The molecule has 0 saturated carbocycles. The average Bonchev–Trinajstić information content (AvgIpc) is 2.79. The molecule has 0 bridgehead atoms. The average molecular weight is 331 g/mol. The van der Waals surface area contributed by atoms with Gasteiger partial charge in [-0.2, -0.15) is 0 Å².